The van der Waals surface area contributed by atoms with Crippen molar-refractivity contribution in [2.45, 2.75) is 90.4 Å². The minimum Gasteiger partial charge on any atom is -0.310 e. The van der Waals surface area contributed by atoms with Crippen LogP contribution in [0.3, 0.4) is 0 Å². The Balaban J connectivity index is 1.24. The molecule has 0 aliphatic heterocycles. The molecule has 0 atom stereocenters. The summed E-state index contributed by atoms with van der Waals surface area (Å²) in [5.41, 5.74) is 16.1. The molecule has 0 N–H and O–H groups in total. The molecule has 0 radical (unpaired) electrons. The second-order valence-electron chi connectivity index (χ2n) is 19.6. The molecule has 2 nitrogen and oxygen atoms in total. The van der Waals surface area contributed by atoms with Crippen molar-refractivity contribution in [2.75, 3.05) is 4.90 Å². The summed E-state index contributed by atoms with van der Waals surface area (Å²) in [7, 11) is 0. The van der Waals surface area contributed by atoms with Crippen LogP contribution in [0.4, 0.5) is 17.1 Å². The van der Waals surface area contributed by atoms with Crippen LogP contribution in [0.5, 0.6) is 0 Å². The summed E-state index contributed by atoms with van der Waals surface area (Å²) < 4.78 is 2.45. The van der Waals surface area contributed by atoms with Gasteiger partial charge >= 0.3 is 0 Å². The van der Waals surface area contributed by atoms with Crippen molar-refractivity contribution in [1.82, 2.24) is 4.57 Å². The molecule has 9 aromatic rings. The van der Waals surface area contributed by atoms with Crippen molar-refractivity contribution in [3.63, 3.8) is 0 Å². The predicted molar refractivity (Wildman–Crippen MR) is 267 cm³/mol. The fourth-order valence-corrected chi connectivity index (χ4v) is 10.2. The number of para-hydroxylation sites is 4. The highest BCUT2D eigenvalue weighted by atomic mass is 15.1. The molecule has 0 unspecified atom stereocenters. The highest BCUT2D eigenvalue weighted by Crippen LogP contribution is 2.48. The van der Waals surface area contributed by atoms with Gasteiger partial charge in [0.15, 0.2) is 0 Å². The highest BCUT2D eigenvalue weighted by molar-refractivity contribution is 6.14. The van der Waals surface area contributed by atoms with Gasteiger partial charge in [-0.2, -0.15) is 0 Å². The van der Waals surface area contributed by atoms with Crippen molar-refractivity contribution in [1.29, 1.82) is 0 Å². The average Bonchev–Trinajstić information content (AvgIpc) is 3.64. The molecule has 0 amide bonds. The molecule has 0 saturated heterocycles. The zero-order valence-electron chi connectivity index (χ0n) is 37.3. The van der Waals surface area contributed by atoms with E-state index in [1.165, 1.54) is 115 Å². The number of hydrogen-bond acceptors (Lipinski definition) is 1. The Morgan fingerprint density at radius 2 is 1.10 bits per heavy atom. The molecule has 1 aliphatic carbocycles. The SMILES string of the molecule is CC(C)(C)c1cc(N(c2cccc(-c3cccc4c5ccccc5n(-c5ccccc5)c34)c2)c2ccccc2-c2cccc3cccc(C4CCCCC4)c23)cc(C(C)(C)C)c1. The lowest BCUT2D eigenvalue weighted by atomic mass is 9.80. The van der Waals surface area contributed by atoms with Gasteiger partial charge in [0.1, 0.15) is 0 Å². The van der Waals surface area contributed by atoms with Gasteiger partial charge < -0.3 is 9.47 Å². The molecule has 1 aliphatic rings. The Kier molecular flexibility index (Phi) is 10.1. The van der Waals surface area contributed by atoms with Crippen LogP contribution in [0.1, 0.15) is 96.3 Å². The Morgan fingerprint density at radius 3 is 1.85 bits per heavy atom. The van der Waals surface area contributed by atoms with Gasteiger partial charge in [0, 0.05) is 39.0 Å². The second-order valence-corrected chi connectivity index (χ2v) is 19.6. The van der Waals surface area contributed by atoms with Crippen LogP contribution in [-0.4, -0.2) is 4.57 Å². The molecule has 1 aromatic heterocycles. The van der Waals surface area contributed by atoms with Crippen molar-refractivity contribution in [3.8, 4) is 27.9 Å². The van der Waals surface area contributed by atoms with Crippen LogP contribution in [0.25, 0.3) is 60.5 Å². The van der Waals surface area contributed by atoms with Gasteiger partial charge in [-0.1, -0.05) is 188 Å². The topological polar surface area (TPSA) is 8.17 Å². The standard InChI is InChI=1S/C60H58N2/c1-59(2,3)44-38-45(60(4,5)6)40-48(39-44)61(55-35-15-13-29-51(55)53-33-19-24-42-23-18-31-49(57(42)53)41-21-9-7-10-22-41)47-28-17-25-43(37-47)50-32-20-34-54-52-30-14-16-36-56(52)62(58(50)54)46-26-11-8-12-27-46/h8,11-20,23-41H,7,9-10,21-22H2,1-6H3. The van der Waals surface area contributed by atoms with Crippen LogP contribution in [0.15, 0.2) is 176 Å². The molecule has 2 heteroatoms. The van der Waals surface area contributed by atoms with E-state index in [0.717, 1.165) is 11.4 Å². The van der Waals surface area contributed by atoms with Crippen molar-refractivity contribution >= 4 is 49.6 Å². The Labute approximate surface area is 368 Å². The lowest BCUT2D eigenvalue weighted by molar-refractivity contribution is 0.445. The lowest BCUT2D eigenvalue weighted by Gasteiger charge is -2.33. The van der Waals surface area contributed by atoms with Gasteiger partial charge in [0.05, 0.1) is 16.7 Å². The Bertz CT molecular complexity index is 3040. The molecule has 1 fully saturated rings. The zero-order valence-corrected chi connectivity index (χ0v) is 37.3. The van der Waals surface area contributed by atoms with Gasteiger partial charge in [-0.15, -0.1) is 0 Å². The molecular weight excluding hydrogens is 749 g/mol. The smallest absolute Gasteiger partial charge is 0.0619 e. The van der Waals surface area contributed by atoms with Crippen LogP contribution in [0.2, 0.25) is 0 Å². The number of anilines is 3. The molecule has 1 heterocycles. The third-order valence-corrected chi connectivity index (χ3v) is 13.4. The van der Waals surface area contributed by atoms with Gasteiger partial charge in [0.2, 0.25) is 0 Å². The van der Waals surface area contributed by atoms with Crippen molar-refractivity contribution < 1.29 is 0 Å². The number of nitrogens with zero attached hydrogens (tertiary/aromatic N) is 2. The summed E-state index contributed by atoms with van der Waals surface area (Å²) in [6.07, 6.45) is 6.49. The molecule has 0 spiro atoms. The molecule has 0 bridgehead atoms. The summed E-state index contributed by atoms with van der Waals surface area (Å²) in [6.45, 7) is 14.0. The monoisotopic (exact) mass is 806 g/mol. The van der Waals surface area contributed by atoms with E-state index >= 15 is 0 Å². The normalized spacial score (nSPS) is 13.9. The zero-order chi connectivity index (χ0) is 42.6. The van der Waals surface area contributed by atoms with Crippen molar-refractivity contribution in [3.05, 3.63) is 193 Å². The largest absolute Gasteiger partial charge is 0.310 e. The lowest BCUT2D eigenvalue weighted by Crippen LogP contribution is -2.19. The van der Waals surface area contributed by atoms with E-state index in [1.807, 2.05) is 0 Å². The fourth-order valence-electron chi connectivity index (χ4n) is 10.2. The maximum atomic E-state index is 2.55. The maximum Gasteiger partial charge on any atom is 0.0619 e. The molecule has 308 valence electrons. The maximum absolute atomic E-state index is 2.55. The van der Waals surface area contributed by atoms with Crippen LogP contribution >= 0.6 is 0 Å². The number of aromatic nitrogens is 1. The average molecular weight is 807 g/mol. The van der Waals surface area contributed by atoms with Gasteiger partial charge in [0.25, 0.3) is 0 Å². The van der Waals surface area contributed by atoms with Gasteiger partial charge in [-0.3, -0.25) is 0 Å². The second kappa shape index (κ2) is 15.8. The first kappa shape index (κ1) is 39.7. The van der Waals surface area contributed by atoms with E-state index < -0.39 is 0 Å². The summed E-state index contributed by atoms with van der Waals surface area (Å²) in [5.74, 6) is 0.584. The molecule has 62 heavy (non-hydrogen) atoms. The van der Waals surface area contributed by atoms with E-state index in [0.29, 0.717) is 5.92 Å². The summed E-state index contributed by atoms with van der Waals surface area (Å²) in [6, 6.07) is 66.2. The molecular formula is C60H58N2. The van der Waals surface area contributed by atoms with Crippen molar-refractivity contribution in [2.24, 2.45) is 0 Å². The first-order valence-corrected chi connectivity index (χ1v) is 22.8. The third-order valence-electron chi connectivity index (χ3n) is 13.4. The third kappa shape index (κ3) is 7.20. The summed E-state index contributed by atoms with van der Waals surface area (Å²) in [5, 5.41) is 5.24. The number of fused-ring (bicyclic) bond motifs is 4. The van der Waals surface area contributed by atoms with Crippen LogP contribution in [0, 0.1) is 0 Å². The molecule has 1 saturated carbocycles. The molecule has 8 aromatic carbocycles. The minimum atomic E-state index is -0.0475. The predicted octanol–water partition coefficient (Wildman–Crippen LogP) is 17.4. The Hall–Kier alpha value is -6.38. The summed E-state index contributed by atoms with van der Waals surface area (Å²) in [4.78, 5) is 2.55. The van der Waals surface area contributed by atoms with E-state index in [2.05, 4.69) is 227 Å². The first-order valence-electron chi connectivity index (χ1n) is 22.8. The van der Waals surface area contributed by atoms with E-state index in [1.54, 1.807) is 0 Å². The van der Waals surface area contributed by atoms with Gasteiger partial charge in [-0.05, 0) is 117 Å². The van der Waals surface area contributed by atoms with Gasteiger partial charge in [-0.25, -0.2) is 0 Å². The quantitative estimate of drug-likeness (QED) is 0.156. The Morgan fingerprint density at radius 1 is 0.484 bits per heavy atom. The first-order chi connectivity index (χ1) is 30.0. The van der Waals surface area contributed by atoms with E-state index in [4.69, 9.17) is 0 Å². The van der Waals surface area contributed by atoms with E-state index in [-0.39, 0.29) is 10.8 Å². The van der Waals surface area contributed by atoms with Crippen LogP contribution in [-0.2, 0) is 10.8 Å². The number of hydrogen-bond donors (Lipinski definition) is 0. The van der Waals surface area contributed by atoms with E-state index in [9.17, 15) is 0 Å². The summed E-state index contributed by atoms with van der Waals surface area (Å²) >= 11 is 0. The highest BCUT2D eigenvalue weighted by Gasteiger charge is 2.27. The number of rotatable bonds is 7. The molecule has 10 rings (SSSR count). The van der Waals surface area contributed by atoms with Crippen LogP contribution < -0.4 is 4.90 Å². The number of benzene rings is 8. The minimum absolute atomic E-state index is 0.0475. The fraction of sp³-hybridized carbons (Fsp3) is 0.233.